The summed E-state index contributed by atoms with van der Waals surface area (Å²) in [7, 11) is 1.58. The highest BCUT2D eigenvalue weighted by atomic mass is 32.2. The van der Waals surface area contributed by atoms with Gasteiger partial charge in [-0.25, -0.2) is 0 Å². The largest absolute Gasteiger partial charge is 0.497 e. The van der Waals surface area contributed by atoms with Crippen LogP contribution in [0.2, 0.25) is 0 Å². The van der Waals surface area contributed by atoms with Gasteiger partial charge >= 0.3 is 0 Å². The van der Waals surface area contributed by atoms with E-state index in [2.05, 4.69) is 5.32 Å². The highest BCUT2D eigenvalue weighted by molar-refractivity contribution is 8.02. The molecule has 5 nitrogen and oxygen atoms in total. The number of rotatable bonds is 4. The number of nitrogens with one attached hydrogen (secondary N) is 1. The summed E-state index contributed by atoms with van der Waals surface area (Å²) in [6.45, 7) is 0.0297. The molecule has 1 aromatic carbocycles. The van der Waals surface area contributed by atoms with E-state index in [4.69, 9.17) is 4.74 Å². The molecule has 19 heavy (non-hydrogen) atoms. The smallest absolute Gasteiger partial charge is 0.244 e. The van der Waals surface area contributed by atoms with Crippen molar-refractivity contribution in [3.63, 3.8) is 0 Å². The third-order valence-electron chi connectivity index (χ3n) is 2.55. The molecule has 0 fully saturated rings. The molecule has 0 bridgehead atoms. The van der Waals surface area contributed by atoms with Gasteiger partial charge in [-0.05, 0) is 29.7 Å². The monoisotopic (exact) mass is 278 g/mol. The van der Waals surface area contributed by atoms with E-state index in [0.29, 0.717) is 11.4 Å². The summed E-state index contributed by atoms with van der Waals surface area (Å²) in [5, 5.41) is 4.54. The lowest BCUT2D eigenvalue weighted by Crippen LogP contribution is -2.36. The molecular formula is C13H14N2O3S. The van der Waals surface area contributed by atoms with Crippen LogP contribution in [0.3, 0.4) is 0 Å². The molecular weight excluding hydrogens is 264 g/mol. The van der Waals surface area contributed by atoms with E-state index in [-0.39, 0.29) is 18.4 Å². The first-order valence-corrected chi connectivity index (χ1v) is 6.75. The number of ether oxygens (including phenoxy) is 1. The predicted molar refractivity (Wildman–Crippen MR) is 74.9 cm³/mol. The fourth-order valence-electron chi connectivity index (χ4n) is 1.57. The Morgan fingerprint density at radius 3 is 2.79 bits per heavy atom. The molecule has 0 aromatic heterocycles. The second kappa shape index (κ2) is 6.29. The van der Waals surface area contributed by atoms with E-state index in [1.165, 1.54) is 16.7 Å². The molecule has 0 radical (unpaired) electrons. The maximum Gasteiger partial charge on any atom is 0.244 e. The predicted octanol–water partition coefficient (Wildman–Crippen LogP) is 1.68. The number of hydrogen-bond donors (Lipinski definition) is 1. The summed E-state index contributed by atoms with van der Waals surface area (Å²) < 4.78 is 5.03. The van der Waals surface area contributed by atoms with Gasteiger partial charge in [-0.15, -0.1) is 11.8 Å². The van der Waals surface area contributed by atoms with Crippen molar-refractivity contribution >= 4 is 29.3 Å². The average molecular weight is 278 g/mol. The van der Waals surface area contributed by atoms with Crippen molar-refractivity contribution in [3.8, 4) is 5.75 Å². The van der Waals surface area contributed by atoms with Crippen LogP contribution < -0.4 is 10.1 Å². The van der Waals surface area contributed by atoms with Crippen LogP contribution in [-0.4, -0.2) is 36.1 Å². The highest BCUT2D eigenvalue weighted by Gasteiger charge is 2.17. The number of amides is 2. The number of anilines is 1. The quantitative estimate of drug-likeness (QED) is 0.910. The lowest BCUT2D eigenvalue weighted by molar-refractivity contribution is -0.129. The Morgan fingerprint density at radius 2 is 2.16 bits per heavy atom. The molecule has 1 N–H and O–H groups in total. The molecule has 0 spiro atoms. The number of hydrogen-bond acceptors (Lipinski definition) is 4. The zero-order valence-corrected chi connectivity index (χ0v) is 11.3. The normalized spacial score (nSPS) is 14.4. The van der Waals surface area contributed by atoms with Crippen LogP contribution in [0.15, 0.2) is 35.9 Å². The van der Waals surface area contributed by atoms with Gasteiger partial charge in [-0.3, -0.25) is 9.59 Å². The van der Waals surface area contributed by atoms with Crippen LogP contribution in [0.5, 0.6) is 5.75 Å². The molecule has 0 unspecified atom stereocenters. The van der Waals surface area contributed by atoms with Gasteiger partial charge in [0.25, 0.3) is 0 Å². The number of nitrogens with zero attached hydrogens (tertiary/aromatic N) is 1. The number of carbonyl (C=O) groups is 2. The first-order chi connectivity index (χ1) is 9.19. The molecule has 0 saturated heterocycles. The zero-order chi connectivity index (χ0) is 13.7. The fourth-order valence-corrected chi connectivity index (χ4v) is 2.21. The SMILES string of the molecule is COc1ccc(NC(=O)CN2C=CSCC2=O)cc1. The first kappa shape index (κ1) is 13.5. The second-order valence-electron chi connectivity index (χ2n) is 3.89. The Hall–Kier alpha value is -1.95. The van der Waals surface area contributed by atoms with Crippen LogP contribution in [0, 0.1) is 0 Å². The topological polar surface area (TPSA) is 58.6 Å². The molecule has 0 saturated carbocycles. The molecule has 0 aliphatic carbocycles. The van der Waals surface area contributed by atoms with Crippen LogP contribution >= 0.6 is 11.8 Å². The number of benzene rings is 1. The Labute approximate surface area is 115 Å². The summed E-state index contributed by atoms with van der Waals surface area (Å²) in [6, 6.07) is 7.03. The number of carbonyl (C=O) groups excluding carboxylic acids is 2. The van der Waals surface area contributed by atoms with Crippen LogP contribution in [0.4, 0.5) is 5.69 Å². The van der Waals surface area contributed by atoms with Gasteiger partial charge in [0, 0.05) is 11.9 Å². The van der Waals surface area contributed by atoms with Crippen molar-refractivity contribution in [1.82, 2.24) is 4.90 Å². The van der Waals surface area contributed by atoms with Gasteiger partial charge in [0.05, 0.1) is 12.9 Å². The second-order valence-corrected chi connectivity index (χ2v) is 4.79. The maximum absolute atomic E-state index is 11.8. The molecule has 100 valence electrons. The van der Waals surface area contributed by atoms with E-state index in [0.717, 1.165) is 5.75 Å². The van der Waals surface area contributed by atoms with Gasteiger partial charge in [-0.2, -0.15) is 0 Å². The van der Waals surface area contributed by atoms with Gasteiger partial charge in [0.15, 0.2) is 0 Å². The summed E-state index contributed by atoms with van der Waals surface area (Å²) in [4.78, 5) is 24.7. The number of thioether (sulfide) groups is 1. The van der Waals surface area contributed by atoms with Gasteiger partial charge in [0.2, 0.25) is 11.8 Å². The van der Waals surface area contributed by atoms with E-state index < -0.39 is 0 Å². The third kappa shape index (κ3) is 3.75. The molecule has 1 aromatic rings. The summed E-state index contributed by atoms with van der Waals surface area (Å²) in [6.07, 6.45) is 1.63. The molecule has 2 amide bonds. The minimum Gasteiger partial charge on any atom is -0.497 e. The van der Waals surface area contributed by atoms with Gasteiger partial charge in [-0.1, -0.05) is 0 Å². The molecule has 1 aliphatic heterocycles. The minimum atomic E-state index is -0.227. The standard InChI is InChI=1S/C13H14N2O3S/c1-18-11-4-2-10(3-5-11)14-12(16)8-15-6-7-19-9-13(15)17/h2-7H,8-9H2,1H3,(H,14,16). The summed E-state index contributed by atoms with van der Waals surface area (Å²) in [5.41, 5.74) is 0.675. The molecule has 6 heteroatoms. The molecule has 1 aliphatic rings. The summed E-state index contributed by atoms with van der Waals surface area (Å²) in [5.74, 6) is 0.823. The Morgan fingerprint density at radius 1 is 1.42 bits per heavy atom. The summed E-state index contributed by atoms with van der Waals surface area (Å²) >= 11 is 1.42. The Balaban J connectivity index is 1.91. The van der Waals surface area contributed by atoms with Crippen molar-refractivity contribution in [2.24, 2.45) is 0 Å². The third-order valence-corrected chi connectivity index (χ3v) is 3.28. The number of methoxy groups -OCH3 is 1. The zero-order valence-electron chi connectivity index (χ0n) is 10.5. The average Bonchev–Trinajstić information content (AvgIpc) is 2.42. The lowest BCUT2D eigenvalue weighted by atomic mass is 10.3. The van der Waals surface area contributed by atoms with Crippen molar-refractivity contribution in [2.75, 3.05) is 24.7 Å². The van der Waals surface area contributed by atoms with E-state index >= 15 is 0 Å². The first-order valence-electron chi connectivity index (χ1n) is 5.70. The van der Waals surface area contributed by atoms with Crippen LogP contribution in [-0.2, 0) is 9.59 Å². The van der Waals surface area contributed by atoms with Gasteiger partial charge in [0.1, 0.15) is 12.3 Å². The van der Waals surface area contributed by atoms with Crippen LogP contribution in [0.1, 0.15) is 0 Å². The van der Waals surface area contributed by atoms with E-state index in [1.54, 1.807) is 37.6 Å². The van der Waals surface area contributed by atoms with Crippen LogP contribution in [0.25, 0.3) is 0 Å². The molecule has 2 rings (SSSR count). The fraction of sp³-hybridized carbons (Fsp3) is 0.231. The van der Waals surface area contributed by atoms with Crippen molar-refractivity contribution < 1.29 is 14.3 Å². The maximum atomic E-state index is 11.8. The van der Waals surface area contributed by atoms with Crippen molar-refractivity contribution in [2.45, 2.75) is 0 Å². The highest BCUT2D eigenvalue weighted by Crippen LogP contribution is 2.15. The minimum absolute atomic E-state index is 0.0297. The molecule has 0 atom stereocenters. The van der Waals surface area contributed by atoms with E-state index in [1.807, 2.05) is 5.41 Å². The van der Waals surface area contributed by atoms with Crippen molar-refractivity contribution in [1.29, 1.82) is 0 Å². The molecule has 1 heterocycles. The van der Waals surface area contributed by atoms with Crippen molar-refractivity contribution in [3.05, 3.63) is 35.9 Å². The van der Waals surface area contributed by atoms with E-state index in [9.17, 15) is 9.59 Å². The Kier molecular flexibility index (Phi) is 4.46. The Bertz CT molecular complexity index is 499. The lowest BCUT2D eigenvalue weighted by Gasteiger charge is -2.20. The van der Waals surface area contributed by atoms with Gasteiger partial charge < -0.3 is 15.0 Å².